The first-order valence-electron chi connectivity index (χ1n) is 9.61. The first-order valence-corrected chi connectivity index (χ1v) is 9.61. The SMILES string of the molecule is COc1cc(C(=O)OCC(=O)Nc2cccc(Oc3ccccc3)c2)c([N+](=O)[O-])cc1OC. The summed E-state index contributed by atoms with van der Waals surface area (Å²) in [5.41, 5.74) is -0.492. The first-order chi connectivity index (χ1) is 15.9. The number of esters is 1. The Bertz CT molecular complexity index is 1160. The number of ether oxygens (including phenoxy) is 4. The van der Waals surface area contributed by atoms with E-state index in [1.807, 2.05) is 18.2 Å². The smallest absolute Gasteiger partial charge is 0.345 e. The molecule has 0 heterocycles. The number of hydrogen-bond donors (Lipinski definition) is 1. The number of amides is 1. The third-order valence-corrected chi connectivity index (χ3v) is 4.35. The average molecular weight is 452 g/mol. The summed E-state index contributed by atoms with van der Waals surface area (Å²) in [7, 11) is 2.63. The zero-order chi connectivity index (χ0) is 23.8. The lowest BCUT2D eigenvalue weighted by Crippen LogP contribution is -2.21. The molecule has 3 aromatic carbocycles. The average Bonchev–Trinajstić information content (AvgIpc) is 2.82. The van der Waals surface area contributed by atoms with Gasteiger partial charge in [-0.1, -0.05) is 24.3 Å². The quantitative estimate of drug-likeness (QED) is 0.291. The van der Waals surface area contributed by atoms with Crippen molar-refractivity contribution in [2.45, 2.75) is 0 Å². The number of nitro groups is 1. The highest BCUT2D eigenvalue weighted by atomic mass is 16.6. The zero-order valence-corrected chi connectivity index (χ0v) is 17.8. The molecular formula is C23H20N2O8. The Labute approximate surface area is 188 Å². The van der Waals surface area contributed by atoms with Crippen molar-refractivity contribution in [2.24, 2.45) is 0 Å². The van der Waals surface area contributed by atoms with Gasteiger partial charge in [-0.15, -0.1) is 0 Å². The largest absolute Gasteiger partial charge is 0.493 e. The predicted molar refractivity (Wildman–Crippen MR) is 118 cm³/mol. The maximum atomic E-state index is 12.4. The van der Waals surface area contributed by atoms with Crippen LogP contribution in [0.15, 0.2) is 66.7 Å². The molecule has 0 aliphatic carbocycles. The highest BCUT2D eigenvalue weighted by molar-refractivity contribution is 5.98. The van der Waals surface area contributed by atoms with Gasteiger partial charge in [-0.05, 0) is 24.3 Å². The molecule has 0 fully saturated rings. The van der Waals surface area contributed by atoms with E-state index in [0.717, 1.165) is 12.1 Å². The number of nitro benzene ring substituents is 1. The summed E-state index contributed by atoms with van der Waals surface area (Å²) in [5, 5.41) is 13.9. The Morgan fingerprint density at radius 3 is 2.24 bits per heavy atom. The van der Waals surface area contributed by atoms with Gasteiger partial charge in [-0.2, -0.15) is 0 Å². The minimum absolute atomic E-state index is 0.0797. The summed E-state index contributed by atoms with van der Waals surface area (Å²) in [6.45, 7) is -0.659. The number of carbonyl (C=O) groups is 2. The summed E-state index contributed by atoms with van der Waals surface area (Å²) in [6.07, 6.45) is 0. The van der Waals surface area contributed by atoms with Gasteiger partial charge in [0.25, 0.3) is 11.6 Å². The summed E-state index contributed by atoms with van der Waals surface area (Å²) in [5.74, 6) is -0.378. The maximum absolute atomic E-state index is 12.4. The summed E-state index contributed by atoms with van der Waals surface area (Å²) < 4.78 is 20.8. The molecule has 0 atom stereocenters. The minimum atomic E-state index is -1.06. The van der Waals surface area contributed by atoms with E-state index in [-0.39, 0.29) is 17.1 Å². The van der Waals surface area contributed by atoms with Gasteiger partial charge in [-0.25, -0.2) is 4.79 Å². The van der Waals surface area contributed by atoms with Gasteiger partial charge in [-0.3, -0.25) is 14.9 Å². The van der Waals surface area contributed by atoms with E-state index >= 15 is 0 Å². The van der Waals surface area contributed by atoms with E-state index in [1.54, 1.807) is 36.4 Å². The predicted octanol–water partition coefficient (Wildman–Crippen LogP) is 4.20. The van der Waals surface area contributed by atoms with Crippen molar-refractivity contribution < 1.29 is 33.5 Å². The third kappa shape index (κ3) is 5.97. The molecule has 0 aromatic heterocycles. The summed E-state index contributed by atoms with van der Waals surface area (Å²) >= 11 is 0. The molecular weight excluding hydrogens is 432 g/mol. The number of anilines is 1. The number of hydrogen-bond acceptors (Lipinski definition) is 8. The van der Waals surface area contributed by atoms with Crippen LogP contribution in [0.5, 0.6) is 23.0 Å². The number of nitrogens with zero attached hydrogens (tertiary/aromatic N) is 1. The van der Waals surface area contributed by atoms with Crippen LogP contribution in [0.4, 0.5) is 11.4 Å². The van der Waals surface area contributed by atoms with Crippen LogP contribution < -0.4 is 19.5 Å². The van der Waals surface area contributed by atoms with Crippen molar-refractivity contribution in [3.05, 3.63) is 82.4 Å². The monoisotopic (exact) mass is 452 g/mol. The normalized spacial score (nSPS) is 10.1. The van der Waals surface area contributed by atoms with Crippen LogP contribution in [0.25, 0.3) is 0 Å². The van der Waals surface area contributed by atoms with E-state index in [1.165, 1.54) is 14.2 Å². The molecule has 0 unspecified atom stereocenters. The number of methoxy groups -OCH3 is 2. The second-order valence-corrected chi connectivity index (χ2v) is 6.55. The van der Waals surface area contributed by atoms with Crippen LogP contribution in [-0.4, -0.2) is 37.6 Å². The molecule has 10 nitrogen and oxygen atoms in total. The molecule has 0 aliphatic rings. The van der Waals surface area contributed by atoms with Crippen LogP contribution >= 0.6 is 0 Å². The molecule has 0 saturated carbocycles. The maximum Gasteiger partial charge on any atom is 0.345 e. The molecule has 10 heteroatoms. The third-order valence-electron chi connectivity index (χ3n) is 4.35. The highest BCUT2D eigenvalue weighted by Gasteiger charge is 2.26. The minimum Gasteiger partial charge on any atom is -0.493 e. The van der Waals surface area contributed by atoms with Crippen molar-refractivity contribution in [1.29, 1.82) is 0 Å². The van der Waals surface area contributed by atoms with Crippen LogP contribution in [0, 0.1) is 10.1 Å². The molecule has 1 amide bonds. The lowest BCUT2D eigenvalue weighted by molar-refractivity contribution is -0.385. The number of rotatable bonds is 9. The Kier molecular flexibility index (Phi) is 7.43. The van der Waals surface area contributed by atoms with Crippen molar-refractivity contribution in [2.75, 3.05) is 26.1 Å². The van der Waals surface area contributed by atoms with E-state index in [2.05, 4.69) is 5.32 Å². The van der Waals surface area contributed by atoms with Gasteiger partial charge in [0.2, 0.25) is 0 Å². The van der Waals surface area contributed by atoms with E-state index < -0.39 is 29.1 Å². The highest BCUT2D eigenvalue weighted by Crippen LogP contribution is 2.34. The Morgan fingerprint density at radius 2 is 1.58 bits per heavy atom. The number of benzene rings is 3. The lowest BCUT2D eigenvalue weighted by atomic mass is 10.1. The molecule has 0 bridgehead atoms. The number of carbonyl (C=O) groups excluding carboxylic acids is 2. The molecule has 0 aliphatic heterocycles. The number of para-hydroxylation sites is 1. The van der Waals surface area contributed by atoms with Gasteiger partial charge in [0.05, 0.1) is 25.2 Å². The summed E-state index contributed by atoms with van der Waals surface area (Å²) in [4.78, 5) is 35.3. The molecule has 1 N–H and O–H groups in total. The van der Waals surface area contributed by atoms with Crippen molar-refractivity contribution in [1.82, 2.24) is 0 Å². The lowest BCUT2D eigenvalue weighted by Gasteiger charge is -2.11. The number of nitrogens with one attached hydrogen (secondary N) is 1. The molecule has 0 saturated heterocycles. The second-order valence-electron chi connectivity index (χ2n) is 6.55. The van der Waals surface area contributed by atoms with Gasteiger partial charge in [0.15, 0.2) is 18.1 Å². The topological polar surface area (TPSA) is 126 Å². The van der Waals surface area contributed by atoms with Gasteiger partial charge < -0.3 is 24.3 Å². The van der Waals surface area contributed by atoms with E-state index in [9.17, 15) is 19.7 Å². The first kappa shape index (κ1) is 23.1. The Morgan fingerprint density at radius 1 is 0.909 bits per heavy atom. The van der Waals surface area contributed by atoms with Gasteiger partial charge in [0, 0.05) is 17.8 Å². The fourth-order valence-corrected chi connectivity index (χ4v) is 2.85. The molecule has 3 rings (SSSR count). The van der Waals surface area contributed by atoms with Crippen molar-refractivity contribution in [3.8, 4) is 23.0 Å². The fraction of sp³-hybridized carbons (Fsp3) is 0.130. The second kappa shape index (κ2) is 10.6. The van der Waals surface area contributed by atoms with E-state index in [4.69, 9.17) is 18.9 Å². The fourth-order valence-electron chi connectivity index (χ4n) is 2.85. The molecule has 0 spiro atoms. The van der Waals surface area contributed by atoms with Gasteiger partial charge >= 0.3 is 5.97 Å². The van der Waals surface area contributed by atoms with Crippen LogP contribution in [0.2, 0.25) is 0 Å². The van der Waals surface area contributed by atoms with Crippen LogP contribution in [-0.2, 0) is 9.53 Å². The van der Waals surface area contributed by atoms with Crippen LogP contribution in [0.3, 0.4) is 0 Å². The molecule has 33 heavy (non-hydrogen) atoms. The van der Waals surface area contributed by atoms with Crippen molar-refractivity contribution in [3.63, 3.8) is 0 Å². The Balaban J connectivity index is 1.65. The standard InChI is InChI=1S/C23H20N2O8/c1-30-20-12-18(19(25(28)29)13-21(20)31-2)23(27)32-14-22(26)24-15-7-6-10-17(11-15)33-16-8-4-3-5-9-16/h3-13H,14H2,1-2H3,(H,24,26). The molecule has 0 radical (unpaired) electrons. The van der Waals surface area contributed by atoms with Crippen LogP contribution in [0.1, 0.15) is 10.4 Å². The Hall–Kier alpha value is -4.60. The summed E-state index contributed by atoms with van der Waals surface area (Å²) in [6, 6.07) is 17.9. The molecule has 170 valence electrons. The zero-order valence-electron chi connectivity index (χ0n) is 17.8. The van der Waals surface area contributed by atoms with E-state index in [0.29, 0.717) is 17.2 Å². The van der Waals surface area contributed by atoms with Gasteiger partial charge in [0.1, 0.15) is 17.1 Å². The van der Waals surface area contributed by atoms with Crippen molar-refractivity contribution >= 4 is 23.3 Å². The molecule has 3 aromatic rings.